The minimum Gasteiger partial charge on any atom is -0.390 e. The van der Waals surface area contributed by atoms with Crippen molar-refractivity contribution in [3.63, 3.8) is 0 Å². The fraction of sp³-hybridized carbons (Fsp3) is 0.500. The van der Waals surface area contributed by atoms with Crippen molar-refractivity contribution < 1.29 is 29.1 Å². The van der Waals surface area contributed by atoms with E-state index in [0.717, 1.165) is 0 Å². The Morgan fingerprint density at radius 3 is 2.57 bits per heavy atom. The van der Waals surface area contributed by atoms with E-state index in [2.05, 4.69) is 15.0 Å². The van der Waals surface area contributed by atoms with Gasteiger partial charge in [0, 0.05) is 13.0 Å². The molecule has 8 N–H and O–H groups in total. The largest absolute Gasteiger partial charge is 0.466 e. The molecule has 0 saturated carbocycles. The second-order valence-corrected chi connectivity index (χ2v) is 5.79. The number of aliphatic hydroxyl groups excluding tert-OH is 1. The van der Waals surface area contributed by atoms with Crippen LogP contribution in [0.4, 0.5) is 5.82 Å². The van der Waals surface area contributed by atoms with Gasteiger partial charge in [-0.05, 0) is 0 Å². The van der Waals surface area contributed by atoms with E-state index in [9.17, 15) is 5.11 Å². The number of aliphatic hydroxyl groups is 1. The van der Waals surface area contributed by atoms with E-state index in [0.29, 0.717) is 23.4 Å². The third kappa shape index (κ3) is 4.42. The molecule has 0 bridgehead atoms. The molecule has 0 spiro atoms. The molecule has 2 aromatic rings. The van der Waals surface area contributed by atoms with Crippen LogP contribution in [0.1, 0.15) is 12.6 Å². The van der Waals surface area contributed by atoms with E-state index < -0.39 is 13.9 Å². The normalized spacial score (nSPS) is 24.5. The van der Waals surface area contributed by atoms with Crippen molar-refractivity contribution >= 4 is 24.8 Å². The van der Waals surface area contributed by atoms with E-state index in [4.69, 9.17) is 35.4 Å². The molecule has 0 aromatic carbocycles. The molecule has 0 amide bonds. The summed E-state index contributed by atoms with van der Waals surface area (Å²) in [6.07, 6.45) is 2.17. The number of ether oxygens (including phenoxy) is 1. The summed E-state index contributed by atoms with van der Waals surface area (Å²) in [5.74, 6) is 0.327. The lowest BCUT2D eigenvalue weighted by molar-refractivity contribution is -0.0115. The van der Waals surface area contributed by atoms with Crippen molar-refractivity contribution in [3.05, 3.63) is 12.7 Å². The molecule has 3 rings (SSSR count). The van der Waals surface area contributed by atoms with Gasteiger partial charge in [0.1, 0.15) is 18.1 Å². The van der Waals surface area contributed by atoms with Crippen molar-refractivity contribution in [2.45, 2.75) is 24.9 Å². The molecule has 3 heterocycles. The standard InChI is InChI=1S/C10H14N6O2.H3O4P/c11-2-6-5(17)1-7(18-6)16-4-15-8-9(12)13-3-14-10(8)16;1-5(2,3)4/h3-7,17H,1-2,11H2,(H2,12,13,14);(H3,1,2,3,4)/t5-,6+,7+;/m0./s1. The molecular formula is C10H17N6O6P. The lowest BCUT2D eigenvalue weighted by Gasteiger charge is -2.13. The Morgan fingerprint density at radius 2 is 2.00 bits per heavy atom. The predicted molar refractivity (Wildman–Crippen MR) is 77.6 cm³/mol. The molecule has 0 aliphatic carbocycles. The van der Waals surface area contributed by atoms with Gasteiger partial charge >= 0.3 is 7.82 Å². The zero-order chi connectivity index (χ0) is 17.2. The topological polar surface area (TPSA) is 203 Å². The van der Waals surface area contributed by atoms with Gasteiger partial charge in [-0.25, -0.2) is 19.5 Å². The fourth-order valence-electron chi connectivity index (χ4n) is 2.18. The number of nitrogens with zero attached hydrogens (tertiary/aromatic N) is 4. The van der Waals surface area contributed by atoms with E-state index in [1.165, 1.54) is 6.33 Å². The molecule has 1 fully saturated rings. The van der Waals surface area contributed by atoms with Gasteiger partial charge < -0.3 is 36.0 Å². The molecular weight excluding hydrogens is 331 g/mol. The Hall–Kier alpha value is -1.66. The first-order valence-electron chi connectivity index (χ1n) is 6.45. The second-order valence-electron chi connectivity index (χ2n) is 4.76. The average molecular weight is 348 g/mol. The minimum atomic E-state index is -4.64. The molecule has 12 nitrogen and oxygen atoms in total. The van der Waals surface area contributed by atoms with Gasteiger partial charge in [-0.3, -0.25) is 4.57 Å². The van der Waals surface area contributed by atoms with Crippen LogP contribution in [-0.4, -0.2) is 58.1 Å². The molecule has 13 heteroatoms. The van der Waals surface area contributed by atoms with E-state index in [1.807, 2.05) is 0 Å². The van der Waals surface area contributed by atoms with Crippen molar-refractivity contribution in [1.29, 1.82) is 0 Å². The maximum absolute atomic E-state index is 9.79. The molecule has 1 saturated heterocycles. The summed E-state index contributed by atoms with van der Waals surface area (Å²) in [6, 6.07) is 0. The summed E-state index contributed by atoms with van der Waals surface area (Å²) in [4.78, 5) is 33.7. The minimum absolute atomic E-state index is 0.279. The predicted octanol–water partition coefficient (Wildman–Crippen LogP) is -1.91. The third-order valence-electron chi connectivity index (χ3n) is 3.13. The van der Waals surface area contributed by atoms with Crippen LogP contribution in [0.5, 0.6) is 0 Å². The zero-order valence-corrected chi connectivity index (χ0v) is 12.7. The highest BCUT2D eigenvalue weighted by Crippen LogP contribution is 2.30. The zero-order valence-electron chi connectivity index (χ0n) is 11.8. The van der Waals surface area contributed by atoms with Crippen LogP contribution in [0.2, 0.25) is 0 Å². The van der Waals surface area contributed by atoms with Gasteiger partial charge in [0.15, 0.2) is 11.5 Å². The van der Waals surface area contributed by atoms with Crippen LogP contribution in [0.25, 0.3) is 11.2 Å². The number of nitrogens with two attached hydrogens (primary N) is 2. The third-order valence-corrected chi connectivity index (χ3v) is 3.13. The number of phosphoric acid groups is 1. The number of hydrogen-bond acceptors (Lipinski definition) is 8. The summed E-state index contributed by atoms with van der Waals surface area (Å²) in [6.45, 7) is 0.279. The molecule has 23 heavy (non-hydrogen) atoms. The first-order valence-corrected chi connectivity index (χ1v) is 8.02. The Kier molecular flexibility index (Phi) is 5.26. The lowest BCUT2D eigenvalue weighted by atomic mass is 10.2. The Labute approximate surface area is 130 Å². The van der Waals surface area contributed by atoms with Crippen LogP contribution < -0.4 is 11.5 Å². The van der Waals surface area contributed by atoms with Gasteiger partial charge in [-0.1, -0.05) is 0 Å². The number of fused-ring (bicyclic) bond motifs is 1. The van der Waals surface area contributed by atoms with E-state index >= 15 is 0 Å². The summed E-state index contributed by atoms with van der Waals surface area (Å²) in [5, 5.41) is 9.79. The van der Waals surface area contributed by atoms with E-state index in [1.54, 1.807) is 10.9 Å². The molecule has 1 aliphatic rings. The van der Waals surface area contributed by atoms with Crippen molar-refractivity contribution in [2.24, 2.45) is 5.73 Å². The number of rotatable bonds is 2. The Morgan fingerprint density at radius 1 is 1.35 bits per heavy atom. The maximum atomic E-state index is 9.79. The maximum Gasteiger partial charge on any atom is 0.466 e. The van der Waals surface area contributed by atoms with Gasteiger partial charge in [0.2, 0.25) is 0 Å². The molecule has 0 unspecified atom stereocenters. The highest BCUT2D eigenvalue weighted by molar-refractivity contribution is 7.45. The first-order chi connectivity index (χ1) is 10.7. The average Bonchev–Trinajstić information content (AvgIpc) is 3.01. The fourth-order valence-corrected chi connectivity index (χ4v) is 2.18. The number of hydrogen-bond donors (Lipinski definition) is 6. The van der Waals surface area contributed by atoms with Gasteiger partial charge in [-0.2, -0.15) is 0 Å². The smallest absolute Gasteiger partial charge is 0.390 e. The molecule has 1 aliphatic heterocycles. The lowest BCUT2D eigenvalue weighted by Crippen LogP contribution is -2.29. The van der Waals surface area contributed by atoms with Crippen LogP contribution in [0.15, 0.2) is 12.7 Å². The summed E-state index contributed by atoms with van der Waals surface area (Å²) < 4.78 is 16.3. The Balaban J connectivity index is 0.000000338. The van der Waals surface area contributed by atoms with Crippen molar-refractivity contribution in [1.82, 2.24) is 19.5 Å². The van der Waals surface area contributed by atoms with Crippen molar-refractivity contribution in [2.75, 3.05) is 12.3 Å². The number of imidazole rings is 1. The highest BCUT2D eigenvalue weighted by Gasteiger charge is 2.34. The van der Waals surface area contributed by atoms with E-state index in [-0.39, 0.29) is 18.9 Å². The summed E-state index contributed by atoms with van der Waals surface area (Å²) in [7, 11) is -4.64. The van der Waals surface area contributed by atoms with Crippen LogP contribution in [0.3, 0.4) is 0 Å². The number of aromatic nitrogens is 4. The summed E-state index contributed by atoms with van der Waals surface area (Å²) >= 11 is 0. The van der Waals surface area contributed by atoms with Crippen molar-refractivity contribution in [3.8, 4) is 0 Å². The molecule has 3 atom stereocenters. The second kappa shape index (κ2) is 6.84. The summed E-state index contributed by atoms with van der Waals surface area (Å²) in [5.41, 5.74) is 12.4. The SMILES string of the molecule is NC[C@H]1O[C@@H](n2cnc3c(N)ncnc32)C[C@@H]1O.O=P(O)(O)O. The van der Waals surface area contributed by atoms with Crippen LogP contribution in [-0.2, 0) is 9.30 Å². The van der Waals surface area contributed by atoms with Crippen LogP contribution in [0, 0.1) is 0 Å². The van der Waals surface area contributed by atoms with Gasteiger partial charge in [-0.15, -0.1) is 0 Å². The van der Waals surface area contributed by atoms with Gasteiger partial charge in [0.25, 0.3) is 0 Å². The molecule has 2 aromatic heterocycles. The monoisotopic (exact) mass is 348 g/mol. The highest BCUT2D eigenvalue weighted by atomic mass is 31.2. The number of nitrogen functional groups attached to an aromatic ring is 1. The first kappa shape index (κ1) is 17.7. The molecule has 128 valence electrons. The molecule has 0 radical (unpaired) electrons. The van der Waals surface area contributed by atoms with Gasteiger partial charge in [0.05, 0.1) is 18.5 Å². The Bertz CT molecular complexity index is 711. The number of anilines is 1. The quantitative estimate of drug-likeness (QED) is 0.330. The van der Waals surface area contributed by atoms with Crippen LogP contribution >= 0.6 is 7.82 Å².